The van der Waals surface area contributed by atoms with Gasteiger partial charge in [0.2, 0.25) is 0 Å². The van der Waals surface area contributed by atoms with Gasteiger partial charge in [-0.15, -0.1) is 0 Å². The van der Waals surface area contributed by atoms with Crippen molar-refractivity contribution in [2.75, 3.05) is 0 Å². The third-order valence-corrected chi connectivity index (χ3v) is 0. The largest absolute Gasteiger partial charge is 4.00 e. The number of hydrogen-bond acceptors (Lipinski definition) is 12. The predicted octanol–water partition coefficient (Wildman–Crippen LogP) is 1.15. The topological polar surface area (TPSA) is 285 Å². The summed E-state index contributed by atoms with van der Waals surface area (Å²) in [6.07, 6.45) is 0. The van der Waals surface area contributed by atoms with E-state index in [4.69, 9.17) is 142 Å². The normalized spacial score (nSPS) is 0.889. The monoisotopic (exact) mass is 662 g/mol. The van der Waals surface area contributed by atoms with E-state index >= 15 is 0 Å². The van der Waals surface area contributed by atoms with Gasteiger partial charge in [-0.3, -0.25) is 0 Å². The molecule has 12 nitrogen and oxygen atoms in total. The van der Waals surface area contributed by atoms with Crippen LogP contribution in [0.5, 0.6) is 0 Å². The molecule has 15 heteroatoms. The maximum absolute atomic E-state index is 6.25. The molecule has 0 spiro atoms. The molecule has 0 rings (SSSR count). The fourth-order valence-electron chi connectivity index (χ4n) is 0. The SMILES string of the molecule is [C-]#N.[C-]#N.[C-]#N.[C-]#N.[C-]#N.[C-]#N.[C-]#N.[C-]#N.[C-]#N.[C-]#N.[C-]#N.[C-]#N.[Fe+4].[Fe+4].[U+4]. The first-order chi connectivity index (χ1) is 12.0. The Morgan fingerprint density at radius 1 is 0.185 bits per heavy atom. The molecular formula is C12Fe2N12U. The maximum Gasteiger partial charge on any atom is 4.00 e. The van der Waals surface area contributed by atoms with Crippen LogP contribution in [0.15, 0.2) is 0 Å². The van der Waals surface area contributed by atoms with Gasteiger partial charge in [0.1, 0.15) is 0 Å². The summed E-state index contributed by atoms with van der Waals surface area (Å²) in [5, 5.41) is 75.0. The molecule has 0 aromatic rings. The Bertz CT molecular complexity index is 226. The Kier molecular flexibility index (Phi) is 3850. The molecule has 0 atom stereocenters. The second kappa shape index (κ2) is 595. The van der Waals surface area contributed by atoms with Crippen molar-refractivity contribution in [3.63, 3.8) is 0 Å². The Hall–Kier alpha value is -4.03. The first kappa shape index (κ1) is 175. The zero-order valence-electron chi connectivity index (χ0n) is 12.6. The zero-order valence-corrected chi connectivity index (χ0v) is 18.9. The van der Waals surface area contributed by atoms with E-state index < -0.39 is 0 Å². The molecule has 0 aliphatic heterocycles. The van der Waals surface area contributed by atoms with Crippen LogP contribution in [0.3, 0.4) is 0 Å². The summed E-state index contributed by atoms with van der Waals surface area (Å²) < 4.78 is 0. The summed E-state index contributed by atoms with van der Waals surface area (Å²) >= 11 is 0. The van der Waals surface area contributed by atoms with Gasteiger partial charge in [-0.05, 0) is 0 Å². The molecular weight excluding hydrogens is 662 g/mol. The first-order valence-electron chi connectivity index (χ1n) is 2.68. The average Bonchev–Trinajstić information content (AvgIpc) is 2.84. The van der Waals surface area contributed by atoms with Crippen molar-refractivity contribution >= 4 is 0 Å². The Morgan fingerprint density at radius 3 is 0.185 bits per heavy atom. The molecule has 0 fully saturated rings. The summed E-state index contributed by atoms with van der Waals surface area (Å²) in [4.78, 5) is 0. The van der Waals surface area contributed by atoms with Crippen LogP contribution >= 0.6 is 0 Å². The van der Waals surface area contributed by atoms with E-state index in [9.17, 15) is 0 Å². The van der Waals surface area contributed by atoms with E-state index in [0.717, 1.165) is 0 Å². The second-order valence-corrected chi connectivity index (χ2v) is 0. The van der Waals surface area contributed by atoms with Crippen molar-refractivity contribution in [2.45, 2.75) is 0 Å². The van der Waals surface area contributed by atoms with Crippen LogP contribution < -0.4 is 0 Å². The Balaban J connectivity index is -0.00000000443. The minimum absolute atomic E-state index is 0. The first-order valence-corrected chi connectivity index (χ1v) is 2.68. The van der Waals surface area contributed by atoms with Gasteiger partial charge in [-0.1, -0.05) is 0 Å². The third kappa shape index (κ3) is 540. The van der Waals surface area contributed by atoms with E-state index in [-0.39, 0.29) is 65.3 Å². The van der Waals surface area contributed by atoms with Gasteiger partial charge in [-0.25, -0.2) is 0 Å². The molecule has 0 amide bonds. The van der Waals surface area contributed by atoms with Crippen LogP contribution in [-0.2, 0) is 34.1 Å². The van der Waals surface area contributed by atoms with E-state index in [1.54, 1.807) is 0 Å². The van der Waals surface area contributed by atoms with Crippen LogP contribution in [-0.4, -0.2) is 0 Å². The van der Waals surface area contributed by atoms with Gasteiger partial charge in [0.25, 0.3) is 0 Å². The van der Waals surface area contributed by atoms with Gasteiger partial charge >= 0.3 is 65.3 Å². The summed E-state index contributed by atoms with van der Waals surface area (Å²) in [5.74, 6) is 0. The molecule has 128 valence electrons. The molecule has 0 aromatic carbocycles. The third-order valence-electron chi connectivity index (χ3n) is 0. The van der Waals surface area contributed by atoms with E-state index in [2.05, 4.69) is 0 Å². The van der Waals surface area contributed by atoms with Crippen LogP contribution in [0.2, 0.25) is 0 Å². The van der Waals surface area contributed by atoms with Gasteiger partial charge in [0, 0.05) is 0 Å². The quantitative estimate of drug-likeness (QED) is 0.261. The molecule has 0 unspecified atom stereocenters. The molecule has 0 aromatic heterocycles. The minimum Gasteiger partial charge on any atom is -0.512 e. The molecule has 0 heterocycles. The van der Waals surface area contributed by atoms with Crippen molar-refractivity contribution in [3.05, 3.63) is 78.9 Å². The van der Waals surface area contributed by atoms with Gasteiger partial charge in [0.05, 0.1) is 0 Å². The molecule has 0 radical (unpaired) electrons. The fraction of sp³-hybridized carbons (Fsp3) is 0. The minimum atomic E-state index is 0. The molecule has 0 aliphatic carbocycles. The van der Waals surface area contributed by atoms with Gasteiger partial charge in [0.15, 0.2) is 0 Å². The molecule has 0 aliphatic rings. The predicted molar refractivity (Wildman–Crippen MR) is 59.6 cm³/mol. The van der Waals surface area contributed by atoms with Gasteiger partial charge in [-0.2, -0.15) is 0 Å². The van der Waals surface area contributed by atoms with Crippen molar-refractivity contribution in [1.29, 1.82) is 63.1 Å². The van der Waals surface area contributed by atoms with Crippen LogP contribution in [0.1, 0.15) is 0 Å². The van der Waals surface area contributed by atoms with Gasteiger partial charge < -0.3 is 142 Å². The number of nitrogens with zero attached hydrogens (tertiary/aromatic N) is 12. The Morgan fingerprint density at radius 2 is 0.185 bits per heavy atom. The maximum atomic E-state index is 6.25. The molecule has 0 N–H and O–H groups in total. The van der Waals surface area contributed by atoms with Crippen LogP contribution in [0.4, 0.5) is 0 Å². The van der Waals surface area contributed by atoms with Crippen LogP contribution in [0, 0.1) is 173 Å². The zero-order chi connectivity index (χ0) is 24.0. The van der Waals surface area contributed by atoms with E-state index in [1.165, 1.54) is 0 Å². The summed E-state index contributed by atoms with van der Waals surface area (Å²) in [7, 11) is 0. The van der Waals surface area contributed by atoms with Crippen molar-refractivity contribution in [3.8, 4) is 0 Å². The van der Waals surface area contributed by atoms with Crippen LogP contribution in [0.25, 0.3) is 0 Å². The van der Waals surface area contributed by atoms with E-state index in [0.29, 0.717) is 0 Å². The summed E-state index contributed by atoms with van der Waals surface area (Å²) in [6, 6.07) is 0. The summed E-state index contributed by atoms with van der Waals surface area (Å²) in [6.45, 7) is 57.0. The summed E-state index contributed by atoms with van der Waals surface area (Å²) in [5.41, 5.74) is 0. The molecule has 27 heavy (non-hydrogen) atoms. The number of hydrogen-bond donors (Lipinski definition) is 0. The van der Waals surface area contributed by atoms with Crippen molar-refractivity contribution < 1.29 is 65.3 Å². The molecule has 0 saturated heterocycles. The van der Waals surface area contributed by atoms with E-state index in [1.807, 2.05) is 0 Å². The van der Waals surface area contributed by atoms with Crippen molar-refractivity contribution in [2.24, 2.45) is 0 Å². The number of rotatable bonds is 0. The average molecular weight is 662 g/mol. The molecule has 0 saturated carbocycles. The van der Waals surface area contributed by atoms with Crippen molar-refractivity contribution in [1.82, 2.24) is 0 Å². The Labute approximate surface area is 206 Å². The molecule has 0 bridgehead atoms. The smallest absolute Gasteiger partial charge is 0.512 e. The fourth-order valence-corrected chi connectivity index (χ4v) is 0. The second-order valence-electron chi connectivity index (χ2n) is 0. The standard InChI is InChI=1S/12CN.2Fe.U/c12*1-2;;;/q12*-1;3*+4.